The molecule has 0 radical (unpaired) electrons. The summed E-state index contributed by atoms with van der Waals surface area (Å²) in [4.78, 5) is 21.2. The molecule has 1 amide bonds. The van der Waals surface area contributed by atoms with Crippen LogP contribution in [-0.2, 0) is 24.2 Å². The van der Waals surface area contributed by atoms with Crippen LogP contribution in [0.5, 0.6) is 0 Å². The third kappa shape index (κ3) is 4.72. The SMILES string of the molecule is O=C1N(CCc2cn(Cc3ccccc3)nn2)CN(c2ccc(F)cc2)C12CCN([C@H]1Cc3cccc4c3=C1CCC=4)CC2. The van der Waals surface area contributed by atoms with Crippen LogP contribution in [0.3, 0.4) is 0 Å². The molecule has 2 aliphatic heterocycles. The van der Waals surface area contributed by atoms with Crippen molar-refractivity contribution in [3.8, 4) is 0 Å². The summed E-state index contributed by atoms with van der Waals surface area (Å²) < 4.78 is 15.8. The normalized spacial score (nSPS) is 20.8. The smallest absolute Gasteiger partial charge is 0.250 e. The lowest BCUT2D eigenvalue weighted by atomic mass is 9.84. The number of anilines is 1. The summed E-state index contributed by atoms with van der Waals surface area (Å²) in [6.07, 6.45) is 9.80. The molecule has 8 heteroatoms. The van der Waals surface area contributed by atoms with Gasteiger partial charge in [0.25, 0.3) is 0 Å². The van der Waals surface area contributed by atoms with Crippen LogP contribution in [0.1, 0.15) is 42.5 Å². The van der Waals surface area contributed by atoms with Gasteiger partial charge in [-0.05, 0) is 83.5 Å². The Bertz CT molecular complexity index is 1810. The van der Waals surface area contributed by atoms with Crippen LogP contribution < -0.4 is 15.3 Å². The maximum Gasteiger partial charge on any atom is 0.250 e. The molecule has 2 saturated heterocycles. The molecular formula is C36H37FN6O. The van der Waals surface area contributed by atoms with E-state index in [2.05, 4.69) is 56.5 Å². The Hall–Kier alpha value is -4.30. The van der Waals surface area contributed by atoms with Gasteiger partial charge >= 0.3 is 0 Å². The molecule has 2 fully saturated rings. The number of halogens is 1. The molecule has 8 rings (SSSR count). The first-order valence-electron chi connectivity index (χ1n) is 15.9. The molecule has 3 aromatic carbocycles. The molecule has 2 aliphatic carbocycles. The summed E-state index contributed by atoms with van der Waals surface area (Å²) in [7, 11) is 0. The number of aromatic nitrogens is 3. The van der Waals surface area contributed by atoms with Crippen molar-refractivity contribution >= 4 is 23.2 Å². The number of hydrogen-bond donors (Lipinski definition) is 0. The van der Waals surface area contributed by atoms with Crippen LogP contribution >= 0.6 is 0 Å². The van der Waals surface area contributed by atoms with E-state index in [1.807, 2.05) is 46.1 Å². The van der Waals surface area contributed by atoms with E-state index < -0.39 is 5.54 Å². The van der Waals surface area contributed by atoms with Gasteiger partial charge in [0, 0.05) is 44.0 Å². The minimum atomic E-state index is -0.624. The monoisotopic (exact) mass is 588 g/mol. The van der Waals surface area contributed by atoms with Gasteiger partial charge in [-0.2, -0.15) is 0 Å². The van der Waals surface area contributed by atoms with Gasteiger partial charge in [0.1, 0.15) is 11.4 Å². The number of piperidine rings is 1. The highest BCUT2D eigenvalue weighted by Crippen LogP contribution is 2.41. The van der Waals surface area contributed by atoms with Crippen LogP contribution in [0.25, 0.3) is 11.6 Å². The number of benzene rings is 3. The molecule has 3 heterocycles. The van der Waals surface area contributed by atoms with Gasteiger partial charge in [0.15, 0.2) is 0 Å². The van der Waals surface area contributed by atoms with Crippen LogP contribution in [-0.4, -0.2) is 68.6 Å². The van der Waals surface area contributed by atoms with Crippen molar-refractivity contribution in [3.63, 3.8) is 0 Å². The van der Waals surface area contributed by atoms with E-state index in [9.17, 15) is 9.18 Å². The standard InChI is InChI=1S/C36H37FN6O/c37-29-12-14-31(15-13-29)43-25-41(19-16-30-24-42(39-38-30)23-26-6-2-1-3-7-26)35(44)36(43)17-20-40(21-18-36)33-22-28-10-4-8-27-9-5-11-32(33)34(27)28/h1-4,6-10,12-15,24,33H,5,11,16-23,25H2/t33-/m0/s1. The highest BCUT2D eigenvalue weighted by atomic mass is 19.1. The van der Waals surface area contributed by atoms with Crippen molar-refractivity contribution in [1.29, 1.82) is 0 Å². The minimum Gasteiger partial charge on any atom is -0.339 e. The summed E-state index contributed by atoms with van der Waals surface area (Å²) in [5.41, 5.74) is 5.38. The number of likely N-dealkylation sites (tertiary alicyclic amines) is 1. The molecule has 44 heavy (non-hydrogen) atoms. The Morgan fingerprint density at radius 3 is 2.59 bits per heavy atom. The Morgan fingerprint density at radius 2 is 1.77 bits per heavy atom. The van der Waals surface area contributed by atoms with Crippen molar-refractivity contribution in [2.75, 3.05) is 31.2 Å². The first kappa shape index (κ1) is 27.3. The molecule has 4 aromatic rings. The highest BCUT2D eigenvalue weighted by Gasteiger charge is 2.54. The summed E-state index contributed by atoms with van der Waals surface area (Å²) in [5, 5.41) is 11.6. The number of hydrogen-bond acceptors (Lipinski definition) is 5. The van der Waals surface area contributed by atoms with Crippen molar-refractivity contribution in [1.82, 2.24) is 24.8 Å². The van der Waals surface area contributed by atoms with Crippen molar-refractivity contribution in [3.05, 3.63) is 112 Å². The van der Waals surface area contributed by atoms with Crippen LogP contribution in [0.2, 0.25) is 0 Å². The van der Waals surface area contributed by atoms with E-state index in [-0.39, 0.29) is 11.7 Å². The lowest BCUT2D eigenvalue weighted by molar-refractivity contribution is -0.133. The number of carbonyl (C=O) groups excluding carboxylic acids is 1. The molecule has 224 valence electrons. The van der Waals surface area contributed by atoms with E-state index in [0.717, 1.165) is 56.6 Å². The van der Waals surface area contributed by atoms with Crippen LogP contribution in [0.4, 0.5) is 10.1 Å². The lowest BCUT2D eigenvalue weighted by Gasteiger charge is -2.45. The number of amides is 1. The maximum atomic E-state index is 14.3. The molecule has 0 bridgehead atoms. The summed E-state index contributed by atoms with van der Waals surface area (Å²) in [5.74, 6) is -0.0874. The first-order valence-corrected chi connectivity index (χ1v) is 15.9. The first-order chi connectivity index (χ1) is 21.6. The summed E-state index contributed by atoms with van der Waals surface area (Å²) in [6.45, 7) is 3.47. The number of nitrogens with zero attached hydrogens (tertiary/aromatic N) is 6. The van der Waals surface area contributed by atoms with Crippen LogP contribution in [0, 0.1) is 5.82 Å². The second-order valence-corrected chi connectivity index (χ2v) is 12.7. The zero-order chi connectivity index (χ0) is 29.7. The van der Waals surface area contributed by atoms with Gasteiger partial charge in [0.2, 0.25) is 5.91 Å². The van der Waals surface area contributed by atoms with Gasteiger partial charge in [-0.1, -0.05) is 59.8 Å². The third-order valence-electron chi connectivity index (χ3n) is 10.2. The van der Waals surface area contributed by atoms with Gasteiger partial charge in [-0.25, -0.2) is 9.07 Å². The van der Waals surface area contributed by atoms with Crippen molar-refractivity contribution in [2.45, 2.75) is 56.7 Å². The van der Waals surface area contributed by atoms with Gasteiger partial charge < -0.3 is 9.80 Å². The van der Waals surface area contributed by atoms with E-state index in [1.165, 1.54) is 33.7 Å². The second kappa shape index (κ2) is 11.0. The van der Waals surface area contributed by atoms with E-state index >= 15 is 0 Å². The fourth-order valence-electron chi connectivity index (χ4n) is 8.02. The minimum absolute atomic E-state index is 0.176. The van der Waals surface area contributed by atoms with Crippen molar-refractivity contribution in [2.24, 2.45) is 0 Å². The predicted octanol–water partition coefficient (Wildman–Crippen LogP) is 3.50. The third-order valence-corrected chi connectivity index (χ3v) is 10.2. The molecule has 1 atom stereocenters. The fourth-order valence-corrected chi connectivity index (χ4v) is 8.02. The number of carbonyl (C=O) groups is 1. The van der Waals surface area contributed by atoms with Gasteiger partial charge in [-0.15, -0.1) is 5.10 Å². The quantitative estimate of drug-likeness (QED) is 0.331. The van der Waals surface area contributed by atoms with E-state index in [0.29, 0.717) is 32.2 Å². The topological polar surface area (TPSA) is 57.5 Å². The Labute approximate surface area is 256 Å². The molecule has 1 spiro atoms. The highest BCUT2D eigenvalue weighted by molar-refractivity contribution is 5.93. The molecule has 1 aromatic heterocycles. The Morgan fingerprint density at radius 1 is 0.955 bits per heavy atom. The molecule has 0 saturated carbocycles. The zero-order valence-electron chi connectivity index (χ0n) is 24.9. The maximum absolute atomic E-state index is 14.3. The average molecular weight is 589 g/mol. The largest absolute Gasteiger partial charge is 0.339 e. The summed E-state index contributed by atoms with van der Waals surface area (Å²) in [6, 6.07) is 24.0. The number of rotatable bonds is 7. The summed E-state index contributed by atoms with van der Waals surface area (Å²) >= 11 is 0. The van der Waals surface area contributed by atoms with Gasteiger partial charge in [-0.3, -0.25) is 9.69 Å². The molecule has 4 aliphatic rings. The van der Waals surface area contributed by atoms with Gasteiger partial charge in [0.05, 0.1) is 18.9 Å². The van der Waals surface area contributed by atoms with Crippen LogP contribution in [0.15, 0.2) is 79.0 Å². The van der Waals surface area contributed by atoms with E-state index in [4.69, 9.17) is 0 Å². The second-order valence-electron chi connectivity index (χ2n) is 12.7. The average Bonchev–Trinajstić information content (AvgIpc) is 3.74. The molecule has 7 nitrogen and oxygen atoms in total. The molecule has 0 unspecified atom stereocenters. The van der Waals surface area contributed by atoms with E-state index in [1.54, 1.807) is 5.57 Å². The fraction of sp³-hybridized carbons (Fsp3) is 0.361. The Kier molecular flexibility index (Phi) is 6.82. The zero-order valence-corrected chi connectivity index (χ0v) is 24.9. The predicted molar refractivity (Wildman–Crippen MR) is 169 cm³/mol. The van der Waals surface area contributed by atoms with Crippen molar-refractivity contribution < 1.29 is 9.18 Å². The molecule has 0 N–H and O–H groups in total. The molecular weight excluding hydrogens is 551 g/mol. The Balaban J connectivity index is 1.00. The lowest BCUT2D eigenvalue weighted by Crippen LogP contribution is -2.58.